The summed E-state index contributed by atoms with van der Waals surface area (Å²) in [6, 6.07) is 1.96. The highest BCUT2D eigenvalue weighted by Gasteiger charge is 2.41. The van der Waals surface area contributed by atoms with Crippen molar-refractivity contribution in [3.8, 4) is 0 Å². The van der Waals surface area contributed by atoms with E-state index >= 15 is 0 Å². The van der Waals surface area contributed by atoms with Crippen molar-refractivity contribution in [1.29, 1.82) is 0 Å². The minimum absolute atomic E-state index is 0.125. The molecule has 84 valence electrons. The Morgan fingerprint density at radius 3 is 2.33 bits per heavy atom. The number of aliphatic hydroxyl groups excluding tert-OH is 1. The van der Waals surface area contributed by atoms with E-state index < -0.39 is 28.7 Å². The fourth-order valence-corrected chi connectivity index (χ4v) is 1.41. The lowest BCUT2D eigenvalue weighted by atomic mass is 10.1. The summed E-state index contributed by atoms with van der Waals surface area (Å²) in [5.41, 5.74) is -0.893. The summed E-state index contributed by atoms with van der Waals surface area (Å²) >= 11 is 8.22. The van der Waals surface area contributed by atoms with Crippen LogP contribution in [0.5, 0.6) is 0 Å². The largest absolute Gasteiger partial charge is 0.418 e. The molecule has 0 fully saturated rings. The maximum Gasteiger partial charge on any atom is 0.418 e. The Hall–Kier alpha value is -0.330. The van der Waals surface area contributed by atoms with Gasteiger partial charge in [-0.25, -0.2) is 4.39 Å². The van der Waals surface area contributed by atoms with E-state index in [2.05, 4.69) is 15.9 Å². The summed E-state index contributed by atoms with van der Waals surface area (Å²) in [7, 11) is 0. The standard InChI is InChI=1S/C8H4BrClF4O/c9-4-2-1-3(6(11)5(4)10)7(15)8(12,13)14/h1-2,7,15H/t7-/m0/s1. The number of alkyl halides is 3. The van der Waals surface area contributed by atoms with E-state index in [1.165, 1.54) is 0 Å². The van der Waals surface area contributed by atoms with Crippen LogP contribution in [0.4, 0.5) is 17.6 Å². The van der Waals surface area contributed by atoms with Crippen LogP contribution in [0.2, 0.25) is 5.02 Å². The molecule has 1 atom stereocenters. The lowest BCUT2D eigenvalue weighted by Gasteiger charge is -2.16. The van der Waals surface area contributed by atoms with Crippen LogP contribution in [0.15, 0.2) is 16.6 Å². The molecule has 0 aliphatic rings. The molecule has 0 aliphatic heterocycles. The van der Waals surface area contributed by atoms with Crippen LogP contribution in [-0.4, -0.2) is 11.3 Å². The number of rotatable bonds is 1. The monoisotopic (exact) mass is 306 g/mol. The van der Waals surface area contributed by atoms with E-state index in [1.807, 2.05) is 0 Å². The second-order valence-electron chi connectivity index (χ2n) is 2.71. The van der Waals surface area contributed by atoms with Gasteiger partial charge in [0, 0.05) is 10.0 Å². The van der Waals surface area contributed by atoms with Crippen LogP contribution in [0.1, 0.15) is 11.7 Å². The first-order valence-corrected chi connectivity index (χ1v) is 4.80. The molecule has 0 spiro atoms. The third-order valence-electron chi connectivity index (χ3n) is 1.67. The van der Waals surface area contributed by atoms with Gasteiger partial charge in [-0.3, -0.25) is 0 Å². The summed E-state index contributed by atoms with van der Waals surface area (Å²) in [5.74, 6) is -1.28. The summed E-state index contributed by atoms with van der Waals surface area (Å²) in [6.07, 6.45) is -7.79. The zero-order chi connectivity index (χ0) is 11.8. The van der Waals surface area contributed by atoms with Crippen LogP contribution in [0.25, 0.3) is 0 Å². The Morgan fingerprint density at radius 2 is 1.87 bits per heavy atom. The highest BCUT2D eigenvalue weighted by Crippen LogP contribution is 2.37. The van der Waals surface area contributed by atoms with Gasteiger partial charge in [0.1, 0.15) is 5.82 Å². The molecule has 1 rings (SSSR count). The fourth-order valence-electron chi connectivity index (χ4n) is 0.928. The Bertz CT molecular complexity index is 380. The van der Waals surface area contributed by atoms with Gasteiger partial charge in [-0.1, -0.05) is 17.7 Å². The topological polar surface area (TPSA) is 20.2 Å². The van der Waals surface area contributed by atoms with Gasteiger partial charge in [0.2, 0.25) is 0 Å². The van der Waals surface area contributed by atoms with Crippen molar-refractivity contribution < 1.29 is 22.7 Å². The third kappa shape index (κ3) is 2.62. The Labute approximate surface area is 95.8 Å². The fraction of sp³-hybridized carbons (Fsp3) is 0.250. The first-order chi connectivity index (χ1) is 6.75. The van der Waals surface area contributed by atoms with Crippen molar-refractivity contribution in [2.75, 3.05) is 0 Å². The molecule has 0 aromatic heterocycles. The number of benzene rings is 1. The molecule has 1 N–H and O–H groups in total. The predicted octanol–water partition coefficient (Wildman–Crippen LogP) is 3.84. The zero-order valence-electron chi connectivity index (χ0n) is 6.95. The van der Waals surface area contributed by atoms with Crippen molar-refractivity contribution in [1.82, 2.24) is 0 Å². The van der Waals surface area contributed by atoms with Crippen molar-refractivity contribution >= 4 is 27.5 Å². The second kappa shape index (κ2) is 4.27. The first kappa shape index (κ1) is 12.7. The second-order valence-corrected chi connectivity index (χ2v) is 3.94. The lowest BCUT2D eigenvalue weighted by Crippen LogP contribution is -2.21. The number of hydrogen-bond donors (Lipinski definition) is 1. The van der Waals surface area contributed by atoms with E-state index in [0.29, 0.717) is 0 Å². The van der Waals surface area contributed by atoms with E-state index in [1.54, 1.807) is 0 Å². The van der Waals surface area contributed by atoms with Crippen LogP contribution in [-0.2, 0) is 0 Å². The third-order valence-corrected chi connectivity index (χ3v) is 2.93. The molecule has 0 amide bonds. The van der Waals surface area contributed by atoms with Crippen LogP contribution in [0, 0.1) is 5.82 Å². The molecule has 0 aliphatic carbocycles. The van der Waals surface area contributed by atoms with Crippen molar-refractivity contribution in [2.45, 2.75) is 12.3 Å². The number of halogens is 6. The quantitative estimate of drug-likeness (QED) is 0.617. The van der Waals surface area contributed by atoms with Gasteiger partial charge >= 0.3 is 6.18 Å². The van der Waals surface area contributed by atoms with Crippen LogP contribution in [0.3, 0.4) is 0 Å². The molecular weight excluding hydrogens is 303 g/mol. The maximum atomic E-state index is 13.2. The highest BCUT2D eigenvalue weighted by atomic mass is 79.9. The van der Waals surface area contributed by atoms with Gasteiger partial charge < -0.3 is 5.11 Å². The molecule has 1 aromatic carbocycles. The molecule has 0 radical (unpaired) electrons. The SMILES string of the molecule is O[C@@H](c1ccc(Br)c(Cl)c1F)C(F)(F)F. The Morgan fingerprint density at radius 1 is 1.33 bits per heavy atom. The Balaban J connectivity index is 3.23. The van der Waals surface area contributed by atoms with E-state index in [-0.39, 0.29) is 4.47 Å². The zero-order valence-corrected chi connectivity index (χ0v) is 9.29. The summed E-state index contributed by atoms with van der Waals surface area (Å²) in [6.45, 7) is 0. The van der Waals surface area contributed by atoms with Crippen molar-refractivity contribution in [3.05, 3.63) is 33.0 Å². The summed E-state index contributed by atoms with van der Waals surface area (Å²) in [5, 5.41) is 8.32. The summed E-state index contributed by atoms with van der Waals surface area (Å²) in [4.78, 5) is 0. The smallest absolute Gasteiger partial charge is 0.379 e. The molecule has 0 saturated heterocycles. The van der Waals surface area contributed by atoms with Crippen LogP contribution >= 0.6 is 27.5 Å². The minimum atomic E-state index is -4.92. The molecule has 15 heavy (non-hydrogen) atoms. The summed E-state index contributed by atoms with van der Waals surface area (Å²) < 4.78 is 49.6. The van der Waals surface area contributed by atoms with Crippen molar-refractivity contribution in [3.63, 3.8) is 0 Å². The average molecular weight is 307 g/mol. The van der Waals surface area contributed by atoms with Crippen molar-refractivity contribution in [2.24, 2.45) is 0 Å². The molecule has 1 aromatic rings. The van der Waals surface area contributed by atoms with Gasteiger partial charge in [0.15, 0.2) is 6.10 Å². The minimum Gasteiger partial charge on any atom is -0.379 e. The van der Waals surface area contributed by atoms with Gasteiger partial charge in [0.25, 0.3) is 0 Å². The first-order valence-electron chi connectivity index (χ1n) is 3.63. The van der Waals surface area contributed by atoms with E-state index in [9.17, 15) is 17.6 Å². The van der Waals surface area contributed by atoms with Gasteiger partial charge in [0.05, 0.1) is 5.02 Å². The van der Waals surface area contributed by atoms with E-state index in [4.69, 9.17) is 16.7 Å². The highest BCUT2D eigenvalue weighted by molar-refractivity contribution is 9.10. The van der Waals surface area contributed by atoms with Gasteiger partial charge in [-0.2, -0.15) is 13.2 Å². The molecule has 0 saturated carbocycles. The van der Waals surface area contributed by atoms with Gasteiger partial charge in [-0.15, -0.1) is 0 Å². The molecular formula is C8H4BrClF4O. The van der Waals surface area contributed by atoms with Gasteiger partial charge in [-0.05, 0) is 22.0 Å². The average Bonchev–Trinajstić information content (AvgIpc) is 2.12. The lowest BCUT2D eigenvalue weighted by molar-refractivity contribution is -0.207. The van der Waals surface area contributed by atoms with E-state index in [0.717, 1.165) is 12.1 Å². The maximum absolute atomic E-state index is 13.2. The predicted molar refractivity (Wildman–Crippen MR) is 50.1 cm³/mol. The number of hydrogen-bond acceptors (Lipinski definition) is 1. The molecule has 7 heteroatoms. The molecule has 0 bridgehead atoms. The van der Waals surface area contributed by atoms with Crippen LogP contribution < -0.4 is 0 Å². The number of aliphatic hydroxyl groups is 1. The molecule has 0 heterocycles. The molecule has 1 nitrogen and oxygen atoms in total. The normalized spacial score (nSPS) is 14.1. The Kier molecular flexibility index (Phi) is 3.63. The molecule has 0 unspecified atom stereocenters.